The van der Waals surface area contributed by atoms with Crippen molar-refractivity contribution in [3.8, 4) is 0 Å². The molecule has 0 saturated heterocycles. The van der Waals surface area contributed by atoms with E-state index in [1.807, 2.05) is 13.8 Å². The van der Waals surface area contributed by atoms with Gasteiger partial charge in [-0.2, -0.15) is 0 Å². The van der Waals surface area contributed by atoms with Crippen molar-refractivity contribution < 1.29 is 25.2 Å². The highest BCUT2D eigenvalue weighted by molar-refractivity contribution is 5.92. The molecule has 6 N–H and O–H groups in total. The third-order valence-electron chi connectivity index (χ3n) is 4.14. The molecular weight excluding hydrogens is 330 g/mol. The van der Waals surface area contributed by atoms with Crippen molar-refractivity contribution >= 4 is 16.9 Å². The second-order valence-electron chi connectivity index (χ2n) is 5.97. The van der Waals surface area contributed by atoms with Gasteiger partial charge in [0.2, 0.25) is 0 Å². The summed E-state index contributed by atoms with van der Waals surface area (Å²) in [5.74, 6) is -1.01. The monoisotopic (exact) mass is 351 g/mol. The lowest BCUT2D eigenvalue weighted by atomic mass is 10.1. The summed E-state index contributed by atoms with van der Waals surface area (Å²) in [7, 11) is 0. The smallest absolute Gasteiger partial charge is 0.282 e. The van der Waals surface area contributed by atoms with Gasteiger partial charge in [0, 0.05) is 0 Å². The molecule has 9 heteroatoms. The van der Waals surface area contributed by atoms with Gasteiger partial charge in [-0.3, -0.25) is 9.59 Å². The predicted octanol–water partition coefficient (Wildman–Crippen LogP) is -1.81. The van der Waals surface area contributed by atoms with E-state index in [4.69, 9.17) is 10.8 Å². The largest absolute Gasteiger partial charge is 0.394 e. The van der Waals surface area contributed by atoms with E-state index in [1.54, 1.807) is 12.1 Å². The summed E-state index contributed by atoms with van der Waals surface area (Å²) in [5.41, 5.74) is 6.34. The van der Waals surface area contributed by atoms with E-state index >= 15 is 0 Å². The number of amides is 1. The Morgan fingerprint density at radius 3 is 2.36 bits per heavy atom. The first kappa shape index (κ1) is 19.0. The third kappa shape index (κ3) is 3.69. The number of aryl methyl sites for hydroxylation is 2. The van der Waals surface area contributed by atoms with Crippen molar-refractivity contribution in [2.75, 3.05) is 6.61 Å². The summed E-state index contributed by atoms with van der Waals surface area (Å²) < 4.78 is 1.08. The van der Waals surface area contributed by atoms with Crippen LogP contribution in [-0.4, -0.2) is 60.8 Å². The van der Waals surface area contributed by atoms with Gasteiger partial charge in [0.05, 0.1) is 24.2 Å². The molecule has 3 unspecified atom stereocenters. The molecule has 0 spiro atoms. The average Bonchev–Trinajstić information content (AvgIpc) is 2.57. The number of aliphatic hydroxyl groups excluding tert-OH is 4. The molecular formula is C16H21N3O6. The minimum atomic E-state index is -1.68. The molecule has 0 saturated carbocycles. The number of carbonyl (C=O) groups excluding carboxylic acids is 1. The number of hydrogen-bond donors (Lipinski definition) is 5. The molecule has 1 heterocycles. The SMILES string of the molecule is Cc1cc2nc(C(N)=O)c(=O)n(CC(O)C(O)C(O)CO)c2cc1C. The van der Waals surface area contributed by atoms with E-state index in [0.29, 0.717) is 11.0 Å². The lowest BCUT2D eigenvalue weighted by Crippen LogP contribution is -2.44. The molecule has 0 radical (unpaired) electrons. The van der Waals surface area contributed by atoms with Crippen molar-refractivity contribution in [3.63, 3.8) is 0 Å². The van der Waals surface area contributed by atoms with Crippen LogP contribution in [0.2, 0.25) is 0 Å². The lowest BCUT2D eigenvalue weighted by Gasteiger charge is -2.23. The molecule has 3 atom stereocenters. The summed E-state index contributed by atoms with van der Waals surface area (Å²) >= 11 is 0. The Kier molecular flexibility index (Phi) is 5.53. The molecule has 2 aromatic rings. The summed E-state index contributed by atoms with van der Waals surface area (Å²) in [6.45, 7) is 2.49. The van der Waals surface area contributed by atoms with Crippen LogP contribution < -0.4 is 11.3 Å². The zero-order chi connectivity index (χ0) is 18.9. The van der Waals surface area contributed by atoms with Crippen LogP contribution in [0.1, 0.15) is 21.6 Å². The predicted molar refractivity (Wildman–Crippen MR) is 89.1 cm³/mol. The Hall–Kier alpha value is -2.33. The summed E-state index contributed by atoms with van der Waals surface area (Å²) in [6.07, 6.45) is -4.81. The summed E-state index contributed by atoms with van der Waals surface area (Å²) in [4.78, 5) is 28.0. The molecule has 0 bridgehead atoms. The Morgan fingerprint density at radius 2 is 1.80 bits per heavy atom. The van der Waals surface area contributed by atoms with Crippen LogP contribution in [0.3, 0.4) is 0 Å². The van der Waals surface area contributed by atoms with Crippen LogP contribution in [0.25, 0.3) is 11.0 Å². The van der Waals surface area contributed by atoms with Crippen LogP contribution >= 0.6 is 0 Å². The Bertz CT molecular complexity index is 863. The number of rotatable bonds is 6. The van der Waals surface area contributed by atoms with Crippen molar-refractivity contribution in [1.82, 2.24) is 9.55 Å². The fourth-order valence-electron chi connectivity index (χ4n) is 2.50. The highest BCUT2D eigenvalue weighted by atomic mass is 16.4. The van der Waals surface area contributed by atoms with Gasteiger partial charge in [0.25, 0.3) is 11.5 Å². The van der Waals surface area contributed by atoms with Gasteiger partial charge in [-0.25, -0.2) is 4.98 Å². The van der Waals surface area contributed by atoms with E-state index in [-0.39, 0.29) is 0 Å². The Morgan fingerprint density at radius 1 is 1.20 bits per heavy atom. The number of benzene rings is 1. The molecule has 9 nitrogen and oxygen atoms in total. The zero-order valence-corrected chi connectivity index (χ0v) is 13.9. The van der Waals surface area contributed by atoms with Gasteiger partial charge in [0.1, 0.15) is 18.3 Å². The number of nitrogens with zero attached hydrogens (tertiary/aromatic N) is 2. The van der Waals surface area contributed by atoms with Gasteiger partial charge >= 0.3 is 0 Å². The van der Waals surface area contributed by atoms with Crippen molar-refractivity contribution in [1.29, 1.82) is 0 Å². The van der Waals surface area contributed by atoms with E-state index in [0.717, 1.165) is 15.7 Å². The van der Waals surface area contributed by atoms with Crippen LogP contribution in [-0.2, 0) is 6.54 Å². The van der Waals surface area contributed by atoms with Gasteiger partial charge in [0.15, 0.2) is 5.69 Å². The van der Waals surface area contributed by atoms with Crippen molar-refractivity contribution in [3.05, 3.63) is 39.3 Å². The second kappa shape index (κ2) is 7.28. The zero-order valence-electron chi connectivity index (χ0n) is 13.9. The number of aromatic nitrogens is 2. The van der Waals surface area contributed by atoms with E-state index in [2.05, 4.69) is 4.98 Å². The normalized spacial score (nSPS) is 15.1. The van der Waals surface area contributed by atoms with Crippen LogP contribution in [0.5, 0.6) is 0 Å². The number of nitrogens with two attached hydrogens (primary N) is 1. The molecule has 1 aromatic heterocycles. The number of hydrogen-bond acceptors (Lipinski definition) is 7. The van der Waals surface area contributed by atoms with E-state index in [9.17, 15) is 24.9 Å². The fourth-order valence-corrected chi connectivity index (χ4v) is 2.50. The van der Waals surface area contributed by atoms with E-state index in [1.165, 1.54) is 0 Å². The van der Waals surface area contributed by atoms with Crippen LogP contribution in [0.15, 0.2) is 16.9 Å². The first-order valence-corrected chi connectivity index (χ1v) is 7.64. The third-order valence-corrected chi connectivity index (χ3v) is 4.14. The maximum atomic E-state index is 12.5. The fraction of sp³-hybridized carbons (Fsp3) is 0.438. The highest BCUT2D eigenvalue weighted by Crippen LogP contribution is 2.18. The van der Waals surface area contributed by atoms with Gasteiger partial charge in [-0.1, -0.05) is 0 Å². The number of primary amides is 1. The lowest BCUT2D eigenvalue weighted by molar-refractivity contribution is -0.0805. The number of carbonyl (C=O) groups is 1. The standard InChI is InChI=1S/C16H21N3O6/c1-7-3-9-10(4-8(7)2)19(16(25)13(18-9)15(17)24)5-11(21)14(23)12(22)6-20/h3-4,11-12,14,20-23H,5-6H2,1-2H3,(H2,17,24). The van der Waals surface area contributed by atoms with Gasteiger partial charge < -0.3 is 30.7 Å². The number of aliphatic hydroxyl groups is 4. The topological polar surface area (TPSA) is 159 Å². The first-order valence-electron chi connectivity index (χ1n) is 7.64. The van der Waals surface area contributed by atoms with E-state index < -0.39 is 48.6 Å². The van der Waals surface area contributed by atoms with Gasteiger partial charge in [-0.05, 0) is 37.1 Å². The molecule has 1 aromatic carbocycles. The minimum Gasteiger partial charge on any atom is -0.394 e. The molecule has 1 amide bonds. The van der Waals surface area contributed by atoms with Crippen molar-refractivity contribution in [2.45, 2.75) is 38.7 Å². The maximum absolute atomic E-state index is 12.5. The van der Waals surface area contributed by atoms with Crippen LogP contribution in [0, 0.1) is 13.8 Å². The molecule has 0 aliphatic heterocycles. The Labute approximate surface area is 143 Å². The van der Waals surface area contributed by atoms with Crippen molar-refractivity contribution in [2.24, 2.45) is 5.73 Å². The first-order chi connectivity index (χ1) is 11.7. The minimum absolute atomic E-state index is 0.334. The molecule has 0 aliphatic carbocycles. The second-order valence-corrected chi connectivity index (χ2v) is 5.97. The Balaban J connectivity index is 2.64. The molecule has 0 fully saturated rings. The number of fused-ring (bicyclic) bond motifs is 1. The van der Waals surface area contributed by atoms with Crippen LogP contribution in [0.4, 0.5) is 0 Å². The molecule has 0 aliphatic rings. The van der Waals surface area contributed by atoms with Gasteiger partial charge in [-0.15, -0.1) is 0 Å². The molecule has 136 valence electrons. The summed E-state index contributed by atoms with van der Waals surface area (Å²) in [5, 5.41) is 38.2. The summed E-state index contributed by atoms with van der Waals surface area (Å²) in [6, 6.07) is 3.35. The quantitative estimate of drug-likeness (QED) is 0.410. The average molecular weight is 351 g/mol. The maximum Gasteiger partial charge on any atom is 0.282 e. The molecule has 2 rings (SSSR count). The molecule has 25 heavy (non-hydrogen) atoms. The highest BCUT2D eigenvalue weighted by Gasteiger charge is 2.26.